The van der Waals surface area contributed by atoms with Crippen molar-refractivity contribution in [2.24, 2.45) is 0 Å². The van der Waals surface area contributed by atoms with Gasteiger partial charge in [-0.2, -0.15) is 0 Å². The van der Waals surface area contributed by atoms with E-state index in [1.807, 2.05) is 12.1 Å². The summed E-state index contributed by atoms with van der Waals surface area (Å²) in [5.74, 6) is 0. The minimum Gasteiger partial charge on any atom is -0.453 e. The number of methoxy groups -OCH3 is 1. The lowest BCUT2D eigenvalue weighted by Crippen LogP contribution is -2.47. The van der Waals surface area contributed by atoms with E-state index in [9.17, 15) is 4.79 Å². The second-order valence-corrected chi connectivity index (χ2v) is 6.07. The summed E-state index contributed by atoms with van der Waals surface area (Å²) in [7, 11) is 1.43. The largest absolute Gasteiger partial charge is 0.453 e. The lowest BCUT2D eigenvalue weighted by Gasteiger charge is -2.33. The first-order valence-corrected chi connectivity index (χ1v) is 7.79. The molecule has 0 aliphatic carbocycles. The number of likely N-dealkylation sites (tertiary alicyclic amines) is 1. The van der Waals surface area contributed by atoms with Crippen LogP contribution in [0.3, 0.4) is 0 Å². The van der Waals surface area contributed by atoms with Crippen molar-refractivity contribution in [1.29, 1.82) is 0 Å². The maximum absolute atomic E-state index is 11.4. The van der Waals surface area contributed by atoms with Crippen molar-refractivity contribution < 1.29 is 9.53 Å². The number of amides is 1. The highest BCUT2D eigenvalue weighted by Gasteiger charge is 2.23. The second kappa shape index (κ2) is 7.66. The Morgan fingerprint density at radius 3 is 2.57 bits per heavy atom. The SMILES string of the molecule is COC(=O)N1CCC(N[C@@H](C)Cc2ccc(Cl)cc2)CC1. The van der Waals surface area contributed by atoms with Gasteiger partial charge in [0.2, 0.25) is 0 Å². The van der Waals surface area contributed by atoms with Crippen molar-refractivity contribution in [3.63, 3.8) is 0 Å². The number of rotatable bonds is 4. The summed E-state index contributed by atoms with van der Waals surface area (Å²) in [4.78, 5) is 13.2. The smallest absolute Gasteiger partial charge is 0.409 e. The molecular weight excluding hydrogens is 288 g/mol. The molecule has 1 saturated heterocycles. The molecule has 1 aliphatic rings. The highest BCUT2D eigenvalue weighted by molar-refractivity contribution is 6.30. The van der Waals surface area contributed by atoms with E-state index in [0.717, 1.165) is 37.4 Å². The van der Waals surface area contributed by atoms with Crippen LogP contribution >= 0.6 is 11.6 Å². The summed E-state index contributed by atoms with van der Waals surface area (Å²) < 4.78 is 4.75. The van der Waals surface area contributed by atoms with Crippen LogP contribution in [0.15, 0.2) is 24.3 Å². The molecule has 1 aliphatic heterocycles. The van der Waals surface area contributed by atoms with Crippen molar-refractivity contribution in [2.75, 3.05) is 20.2 Å². The molecular formula is C16H23ClN2O2. The molecule has 1 aromatic carbocycles. The summed E-state index contributed by atoms with van der Waals surface area (Å²) in [6.07, 6.45) is 2.71. The van der Waals surface area contributed by atoms with Crippen LogP contribution in [0.5, 0.6) is 0 Å². The molecule has 21 heavy (non-hydrogen) atoms. The fourth-order valence-corrected chi connectivity index (χ4v) is 2.92. The van der Waals surface area contributed by atoms with E-state index in [4.69, 9.17) is 16.3 Å². The Balaban J connectivity index is 1.75. The fraction of sp³-hybridized carbons (Fsp3) is 0.562. The molecule has 0 unspecified atom stereocenters. The molecule has 5 heteroatoms. The molecule has 1 fully saturated rings. The summed E-state index contributed by atoms with van der Waals surface area (Å²) >= 11 is 5.90. The van der Waals surface area contributed by atoms with Gasteiger partial charge in [0.15, 0.2) is 0 Å². The normalized spacial score (nSPS) is 17.6. The number of ether oxygens (including phenoxy) is 1. The maximum atomic E-state index is 11.4. The van der Waals surface area contributed by atoms with Gasteiger partial charge in [0, 0.05) is 30.2 Å². The molecule has 0 aromatic heterocycles. The lowest BCUT2D eigenvalue weighted by molar-refractivity contribution is 0.109. The average Bonchev–Trinajstić information content (AvgIpc) is 2.49. The number of nitrogens with one attached hydrogen (secondary N) is 1. The van der Waals surface area contributed by atoms with Gasteiger partial charge in [0.05, 0.1) is 7.11 Å². The van der Waals surface area contributed by atoms with Crippen LogP contribution in [0, 0.1) is 0 Å². The minimum atomic E-state index is -0.220. The van der Waals surface area contributed by atoms with Gasteiger partial charge in [-0.05, 0) is 43.9 Å². The predicted molar refractivity (Wildman–Crippen MR) is 84.8 cm³/mol. The van der Waals surface area contributed by atoms with E-state index in [0.29, 0.717) is 12.1 Å². The minimum absolute atomic E-state index is 0.220. The van der Waals surface area contributed by atoms with E-state index in [1.165, 1.54) is 12.7 Å². The second-order valence-electron chi connectivity index (χ2n) is 5.63. The first-order chi connectivity index (χ1) is 10.1. The van der Waals surface area contributed by atoms with Crippen LogP contribution in [0.2, 0.25) is 5.02 Å². The number of benzene rings is 1. The summed E-state index contributed by atoms with van der Waals surface area (Å²) in [6.45, 7) is 3.72. The first kappa shape index (κ1) is 16.1. The molecule has 4 nitrogen and oxygen atoms in total. The van der Waals surface area contributed by atoms with Crippen molar-refractivity contribution >= 4 is 17.7 Å². The average molecular weight is 311 g/mol. The number of nitrogens with zero attached hydrogens (tertiary/aromatic N) is 1. The van der Waals surface area contributed by atoms with Crippen molar-refractivity contribution in [1.82, 2.24) is 10.2 Å². The molecule has 1 atom stereocenters. The molecule has 0 bridgehead atoms. The predicted octanol–water partition coefficient (Wildman–Crippen LogP) is 3.09. The quantitative estimate of drug-likeness (QED) is 0.929. The van der Waals surface area contributed by atoms with E-state index in [-0.39, 0.29) is 6.09 Å². The summed E-state index contributed by atoms with van der Waals surface area (Å²) in [6, 6.07) is 8.87. The first-order valence-electron chi connectivity index (χ1n) is 7.42. The van der Waals surface area contributed by atoms with E-state index < -0.39 is 0 Å². The Morgan fingerprint density at radius 2 is 2.00 bits per heavy atom. The molecule has 2 rings (SSSR count). The van der Waals surface area contributed by atoms with Crippen LogP contribution in [-0.2, 0) is 11.2 Å². The molecule has 0 saturated carbocycles. The van der Waals surface area contributed by atoms with Gasteiger partial charge < -0.3 is 15.0 Å². The third-order valence-electron chi connectivity index (χ3n) is 3.90. The van der Waals surface area contributed by atoms with Crippen molar-refractivity contribution in [2.45, 2.75) is 38.3 Å². The summed E-state index contributed by atoms with van der Waals surface area (Å²) in [5, 5.41) is 4.42. The molecule has 1 N–H and O–H groups in total. The number of carbonyl (C=O) groups is 1. The third-order valence-corrected chi connectivity index (χ3v) is 4.16. The van der Waals surface area contributed by atoms with Gasteiger partial charge in [-0.25, -0.2) is 4.79 Å². The van der Waals surface area contributed by atoms with E-state index >= 15 is 0 Å². The van der Waals surface area contributed by atoms with Crippen LogP contribution in [0.25, 0.3) is 0 Å². The van der Waals surface area contributed by atoms with Crippen LogP contribution in [0.4, 0.5) is 4.79 Å². The third kappa shape index (κ3) is 4.90. The molecule has 0 radical (unpaired) electrons. The Kier molecular flexibility index (Phi) is 5.88. The van der Waals surface area contributed by atoms with Crippen LogP contribution in [0.1, 0.15) is 25.3 Å². The molecule has 1 aromatic rings. The Labute approximate surface area is 131 Å². The zero-order valence-corrected chi connectivity index (χ0v) is 13.4. The zero-order valence-electron chi connectivity index (χ0n) is 12.6. The van der Waals surface area contributed by atoms with Crippen molar-refractivity contribution in [3.05, 3.63) is 34.9 Å². The number of carbonyl (C=O) groups excluding carboxylic acids is 1. The Hall–Kier alpha value is -1.26. The molecule has 0 spiro atoms. The van der Waals surface area contributed by atoms with Crippen LogP contribution in [-0.4, -0.2) is 43.3 Å². The highest BCUT2D eigenvalue weighted by Crippen LogP contribution is 2.14. The number of hydrogen-bond donors (Lipinski definition) is 1. The number of hydrogen-bond acceptors (Lipinski definition) is 3. The van der Waals surface area contributed by atoms with Gasteiger partial charge >= 0.3 is 6.09 Å². The Morgan fingerprint density at radius 1 is 1.38 bits per heavy atom. The highest BCUT2D eigenvalue weighted by atomic mass is 35.5. The van der Waals surface area contributed by atoms with Crippen molar-refractivity contribution in [3.8, 4) is 0 Å². The Bertz CT molecular complexity index is 456. The van der Waals surface area contributed by atoms with Gasteiger partial charge in [0.25, 0.3) is 0 Å². The molecule has 1 heterocycles. The standard InChI is InChI=1S/C16H23ClN2O2/c1-12(11-13-3-5-14(17)6-4-13)18-15-7-9-19(10-8-15)16(20)21-2/h3-6,12,15,18H,7-11H2,1-2H3/t12-/m0/s1. The van der Waals surface area contributed by atoms with Gasteiger partial charge in [-0.15, -0.1) is 0 Å². The number of halogens is 1. The lowest BCUT2D eigenvalue weighted by atomic mass is 10.0. The summed E-state index contributed by atoms with van der Waals surface area (Å²) in [5.41, 5.74) is 1.28. The van der Waals surface area contributed by atoms with Gasteiger partial charge in [-0.3, -0.25) is 0 Å². The topological polar surface area (TPSA) is 41.6 Å². The van der Waals surface area contributed by atoms with E-state index in [2.05, 4.69) is 24.4 Å². The molecule has 116 valence electrons. The van der Waals surface area contributed by atoms with Gasteiger partial charge in [0.1, 0.15) is 0 Å². The fourth-order valence-electron chi connectivity index (χ4n) is 2.79. The van der Waals surface area contributed by atoms with Crippen LogP contribution < -0.4 is 5.32 Å². The maximum Gasteiger partial charge on any atom is 0.409 e. The monoisotopic (exact) mass is 310 g/mol. The zero-order chi connectivity index (χ0) is 15.2. The van der Waals surface area contributed by atoms with E-state index in [1.54, 1.807) is 4.90 Å². The van der Waals surface area contributed by atoms with Gasteiger partial charge in [-0.1, -0.05) is 23.7 Å². The number of piperidine rings is 1. The molecule has 1 amide bonds.